The van der Waals surface area contributed by atoms with Gasteiger partial charge in [-0.05, 0) is 36.7 Å². The first-order valence-electron chi connectivity index (χ1n) is 6.73. The number of amides is 1. The van der Waals surface area contributed by atoms with Gasteiger partial charge in [-0.2, -0.15) is 11.8 Å². The zero-order valence-corrected chi connectivity index (χ0v) is 11.8. The van der Waals surface area contributed by atoms with Gasteiger partial charge in [-0.15, -0.1) is 0 Å². The van der Waals surface area contributed by atoms with Crippen molar-refractivity contribution in [1.29, 1.82) is 0 Å². The number of hydrogen-bond donors (Lipinski definition) is 2. The van der Waals surface area contributed by atoms with Crippen molar-refractivity contribution in [3.05, 3.63) is 0 Å². The zero-order valence-electron chi connectivity index (χ0n) is 11.0. The summed E-state index contributed by atoms with van der Waals surface area (Å²) in [6, 6.07) is -0.713. The molecule has 1 atom stereocenters. The highest BCUT2D eigenvalue weighted by Gasteiger charge is 2.22. The maximum Gasteiger partial charge on any atom is 0.326 e. The minimum Gasteiger partial charge on any atom is -0.480 e. The highest BCUT2D eigenvalue weighted by Crippen LogP contribution is 2.25. The topological polar surface area (TPSA) is 66.4 Å². The monoisotopic (exact) mass is 273 g/mol. The van der Waals surface area contributed by atoms with Crippen molar-refractivity contribution in [2.45, 2.75) is 51.5 Å². The molecule has 18 heavy (non-hydrogen) atoms. The molecule has 4 nitrogen and oxygen atoms in total. The van der Waals surface area contributed by atoms with E-state index in [1.54, 1.807) is 0 Å². The van der Waals surface area contributed by atoms with Crippen molar-refractivity contribution < 1.29 is 14.7 Å². The Balaban J connectivity index is 2.32. The molecular weight excluding hydrogens is 250 g/mol. The van der Waals surface area contributed by atoms with Crippen LogP contribution in [0.15, 0.2) is 0 Å². The van der Waals surface area contributed by atoms with Crippen LogP contribution in [0.25, 0.3) is 0 Å². The zero-order chi connectivity index (χ0) is 13.4. The summed E-state index contributed by atoms with van der Waals surface area (Å²) in [5.41, 5.74) is 0. The van der Waals surface area contributed by atoms with Gasteiger partial charge in [0.25, 0.3) is 0 Å². The molecule has 1 unspecified atom stereocenters. The quantitative estimate of drug-likeness (QED) is 0.747. The number of rotatable bonds is 7. The van der Waals surface area contributed by atoms with Gasteiger partial charge < -0.3 is 10.4 Å². The van der Waals surface area contributed by atoms with E-state index in [-0.39, 0.29) is 5.91 Å². The van der Waals surface area contributed by atoms with Crippen LogP contribution in [-0.4, -0.2) is 34.5 Å². The molecule has 5 heteroatoms. The van der Waals surface area contributed by atoms with Crippen molar-refractivity contribution >= 4 is 23.6 Å². The van der Waals surface area contributed by atoms with Crippen molar-refractivity contribution in [2.24, 2.45) is 5.92 Å². The van der Waals surface area contributed by atoms with Crippen molar-refractivity contribution in [3.63, 3.8) is 0 Å². The maximum absolute atomic E-state index is 11.8. The van der Waals surface area contributed by atoms with E-state index >= 15 is 0 Å². The third kappa shape index (κ3) is 5.76. The van der Waals surface area contributed by atoms with E-state index in [1.807, 2.05) is 18.7 Å². The van der Waals surface area contributed by atoms with E-state index in [9.17, 15) is 9.59 Å². The predicted octanol–water partition coefficient (Wildman–Crippen LogP) is 2.28. The molecule has 1 aliphatic heterocycles. The lowest BCUT2D eigenvalue weighted by Crippen LogP contribution is -2.41. The largest absolute Gasteiger partial charge is 0.480 e. The van der Waals surface area contributed by atoms with Gasteiger partial charge in [-0.3, -0.25) is 4.79 Å². The third-order valence-corrected chi connectivity index (χ3v) is 4.34. The number of unbranched alkanes of at least 4 members (excludes halogenated alkanes) is 1. The Bertz CT molecular complexity index is 277. The Morgan fingerprint density at radius 1 is 1.39 bits per heavy atom. The van der Waals surface area contributed by atoms with Crippen LogP contribution in [0.2, 0.25) is 0 Å². The summed E-state index contributed by atoms with van der Waals surface area (Å²) in [7, 11) is 0. The number of hydrogen-bond acceptors (Lipinski definition) is 3. The van der Waals surface area contributed by atoms with Crippen molar-refractivity contribution in [3.8, 4) is 0 Å². The molecule has 0 aliphatic carbocycles. The van der Waals surface area contributed by atoms with Crippen LogP contribution in [0, 0.1) is 5.92 Å². The van der Waals surface area contributed by atoms with Crippen LogP contribution < -0.4 is 5.32 Å². The molecule has 0 aromatic carbocycles. The first-order chi connectivity index (χ1) is 8.63. The average Bonchev–Trinajstić information content (AvgIpc) is 2.35. The van der Waals surface area contributed by atoms with E-state index in [2.05, 4.69) is 5.32 Å². The molecule has 0 saturated carbocycles. The molecule has 1 aliphatic rings. The fourth-order valence-corrected chi connectivity index (χ4v) is 3.34. The number of carboxylic acid groups (broad SMARTS) is 1. The molecule has 0 aromatic rings. The van der Waals surface area contributed by atoms with Gasteiger partial charge in [0.15, 0.2) is 0 Å². The number of carboxylic acids is 1. The van der Waals surface area contributed by atoms with Crippen molar-refractivity contribution in [1.82, 2.24) is 5.32 Å². The lowest BCUT2D eigenvalue weighted by molar-refractivity contribution is -0.142. The normalized spacial score (nSPS) is 18.3. The average molecular weight is 273 g/mol. The fraction of sp³-hybridized carbons (Fsp3) is 0.846. The minimum absolute atomic E-state index is 0.101. The first-order valence-corrected chi connectivity index (χ1v) is 7.88. The van der Waals surface area contributed by atoms with E-state index in [0.717, 1.165) is 37.2 Å². The smallest absolute Gasteiger partial charge is 0.326 e. The van der Waals surface area contributed by atoms with Gasteiger partial charge in [0, 0.05) is 6.42 Å². The summed E-state index contributed by atoms with van der Waals surface area (Å²) in [5.74, 6) is 1.66. The molecule has 0 radical (unpaired) electrons. The number of nitrogens with one attached hydrogen (secondary N) is 1. The Labute approximate surface area is 113 Å². The first kappa shape index (κ1) is 15.3. The van der Waals surface area contributed by atoms with Gasteiger partial charge >= 0.3 is 5.97 Å². The van der Waals surface area contributed by atoms with Gasteiger partial charge in [-0.1, -0.05) is 19.8 Å². The van der Waals surface area contributed by atoms with Crippen LogP contribution in [0.3, 0.4) is 0 Å². The van der Waals surface area contributed by atoms with Crippen LogP contribution in [0.4, 0.5) is 0 Å². The molecule has 1 amide bonds. The third-order valence-electron chi connectivity index (χ3n) is 3.29. The summed E-state index contributed by atoms with van der Waals surface area (Å²) in [5, 5.41) is 11.7. The summed E-state index contributed by atoms with van der Waals surface area (Å²) in [6.45, 7) is 2.01. The summed E-state index contributed by atoms with van der Waals surface area (Å²) >= 11 is 1.93. The molecule has 2 N–H and O–H groups in total. The molecular formula is C13H23NO3S. The second-order valence-electron chi connectivity index (χ2n) is 4.86. The number of carbonyl (C=O) groups excluding carboxylic acids is 1. The van der Waals surface area contributed by atoms with Gasteiger partial charge in [0.05, 0.1) is 0 Å². The molecule has 0 bridgehead atoms. The minimum atomic E-state index is -0.920. The summed E-state index contributed by atoms with van der Waals surface area (Å²) in [6.07, 6.45) is 4.93. The number of carbonyl (C=O) groups is 2. The SMILES string of the molecule is CCCCC(NC(=O)CC1CCSCC1)C(=O)O. The van der Waals surface area contributed by atoms with Gasteiger partial charge in [0.2, 0.25) is 5.91 Å². The van der Waals surface area contributed by atoms with E-state index in [0.29, 0.717) is 18.8 Å². The Morgan fingerprint density at radius 3 is 2.61 bits per heavy atom. The van der Waals surface area contributed by atoms with Crippen molar-refractivity contribution in [2.75, 3.05) is 11.5 Å². The molecule has 1 fully saturated rings. The van der Waals surface area contributed by atoms with E-state index < -0.39 is 12.0 Å². The van der Waals surface area contributed by atoms with Crippen LogP contribution in [-0.2, 0) is 9.59 Å². The molecule has 1 rings (SSSR count). The second-order valence-corrected chi connectivity index (χ2v) is 6.09. The summed E-state index contributed by atoms with van der Waals surface area (Å²) in [4.78, 5) is 22.8. The standard InChI is InChI=1S/C13H23NO3S/c1-2-3-4-11(13(16)17)14-12(15)9-10-5-7-18-8-6-10/h10-11H,2-9H2,1H3,(H,14,15)(H,16,17). The molecule has 0 spiro atoms. The van der Waals surface area contributed by atoms with Crippen LogP contribution in [0.1, 0.15) is 45.4 Å². The molecule has 104 valence electrons. The Morgan fingerprint density at radius 2 is 2.06 bits per heavy atom. The highest BCUT2D eigenvalue weighted by molar-refractivity contribution is 7.99. The Kier molecular flexibility index (Phi) is 7.16. The fourth-order valence-electron chi connectivity index (χ4n) is 2.13. The second kappa shape index (κ2) is 8.40. The number of thioether (sulfide) groups is 1. The highest BCUT2D eigenvalue weighted by atomic mass is 32.2. The molecule has 1 saturated heterocycles. The van der Waals surface area contributed by atoms with E-state index in [4.69, 9.17) is 5.11 Å². The van der Waals surface area contributed by atoms with Crippen LogP contribution >= 0.6 is 11.8 Å². The molecule has 0 aromatic heterocycles. The predicted molar refractivity (Wildman–Crippen MR) is 73.8 cm³/mol. The lowest BCUT2D eigenvalue weighted by atomic mass is 9.98. The number of aliphatic carboxylic acids is 1. The lowest BCUT2D eigenvalue weighted by Gasteiger charge is -2.22. The van der Waals surface area contributed by atoms with E-state index in [1.165, 1.54) is 0 Å². The maximum atomic E-state index is 11.8. The van der Waals surface area contributed by atoms with Gasteiger partial charge in [-0.25, -0.2) is 4.79 Å². The molecule has 1 heterocycles. The van der Waals surface area contributed by atoms with Gasteiger partial charge in [0.1, 0.15) is 6.04 Å². The Hall–Kier alpha value is -0.710. The van der Waals surface area contributed by atoms with Crippen LogP contribution in [0.5, 0.6) is 0 Å². The summed E-state index contributed by atoms with van der Waals surface area (Å²) < 4.78 is 0.